The minimum Gasteiger partial charge on any atom is -0.481 e. The van der Waals surface area contributed by atoms with Crippen molar-refractivity contribution >= 4 is 5.97 Å². The first-order valence-electron chi connectivity index (χ1n) is 6.79. The first-order chi connectivity index (χ1) is 8.75. The van der Waals surface area contributed by atoms with Gasteiger partial charge < -0.3 is 10.4 Å². The highest BCUT2D eigenvalue weighted by atomic mass is 16.4. The lowest BCUT2D eigenvalue weighted by molar-refractivity contribution is -0.136. The van der Waals surface area contributed by atoms with Gasteiger partial charge in [0.2, 0.25) is 0 Å². The number of carboxylic acids is 1. The van der Waals surface area contributed by atoms with Crippen molar-refractivity contribution in [1.29, 1.82) is 0 Å². The smallest absolute Gasteiger partial charge is 0.304 e. The zero-order chi connectivity index (χ0) is 12.8. The molecule has 0 bridgehead atoms. The van der Waals surface area contributed by atoms with Crippen molar-refractivity contribution in [3.05, 3.63) is 34.9 Å². The van der Waals surface area contributed by atoms with Crippen LogP contribution in [0.2, 0.25) is 0 Å². The normalized spacial score (nSPS) is 14.2. The number of hydrogen-bond acceptors (Lipinski definition) is 2. The molecule has 3 heteroatoms. The van der Waals surface area contributed by atoms with Crippen LogP contribution >= 0.6 is 0 Å². The van der Waals surface area contributed by atoms with Crippen LogP contribution < -0.4 is 5.32 Å². The Kier molecular flexibility index (Phi) is 4.76. The van der Waals surface area contributed by atoms with Crippen molar-refractivity contribution in [3.8, 4) is 0 Å². The van der Waals surface area contributed by atoms with E-state index in [2.05, 4.69) is 23.5 Å². The topological polar surface area (TPSA) is 49.3 Å². The predicted molar refractivity (Wildman–Crippen MR) is 71.9 cm³/mol. The maximum atomic E-state index is 10.4. The van der Waals surface area contributed by atoms with Gasteiger partial charge in [0.1, 0.15) is 0 Å². The quantitative estimate of drug-likeness (QED) is 0.757. The lowest BCUT2D eigenvalue weighted by atomic mass is 9.90. The standard InChI is InChI=1S/C15H21NO2/c17-15(18)8-10-16-9-7-12-5-6-13-3-1-2-4-14(13)11-12/h5-6,11,16H,1-4,7-10H2,(H,17,18). The van der Waals surface area contributed by atoms with E-state index >= 15 is 0 Å². The van der Waals surface area contributed by atoms with Crippen LogP contribution in [-0.4, -0.2) is 24.2 Å². The molecule has 0 fully saturated rings. The van der Waals surface area contributed by atoms with Crippen molar-refractivity contribution in [2.45, 2.75) is 38.5 Å². The molecule has 0 saturated carbocycles. The number of aryl methyl sites for hydroxylation is 2. The molecule has 18 heavy (non-hydrogen) atoms. The average Bonchev–Trinajstić information content (AvgIpc) is 2.38. The summed E-state index contributed by atoms with van der Waals surface area (Å²) in [5, 5.41) is 11.7. The van der Waals surface area contributed by atoms with Crippen LogP contribution in [0.15, 0.2) is 18.2 Å². The van der Waals surface area contributed by atoms with Gasteiger partial charge in [0.25, 0.3) is 0 Å². The number of aliphatic carboxylic acids is 1. The Morgan fingerprint density at radius 1 is 1.17 bits per heavy atom. The molecule has 0 aliphatic heterocycles. The Balaban J connectivity index is 1.77. The molecule has 0 saturated heterocycles. The van der Waals surface area contributed by atoms with Gasteiger partial charge in [-0.15, -0.1) is 0 Å². The molecule has 0 amide bonds. The molecule has 1 aromatic rings. The minimum atomic E-state index is -0.740. The molecule has 0 spiro atoms. The van der Waals surface area contributed by atoms with Gasteiger partial charge in [-0.05, 0) is 55.3 Å². The van der Waals surface area contributed by atoms with Crippen molar-refractivity contribution in [2.75, 3.05) is 13.1 Å². The molecule has 2 rings (SSSR count). The number of fused-ring (bicyclic) bond motifs is 1. The highest BCUT2D eigenvalue weighted by Gasteiger charge is 2.09. The van der Waals surface area contributed by atoms with E-state index in [0.29, 0.717) is 6.54 Å². The third-order valence-corrected chi connectivity index (χ3v) is 3.52. The molecular formula is C15H21NO2. The van der Waals surface area contributed by atoms with E-state index < -0.39 is 5.97 Å². The van der Waals surface area contributed by atoms with Crippen LogP contribution in [0.5, 0.6) is 0 Å². The zero-order valence-electron chi connectivity index (χ0n) is 10.7. The van der Waals surface area contributed by atoms with Crippen LogP contribution in [0.4, 0.5) is 0 Å². The average molecular weight is 247 g/mol. The molecule has 0 unspecified atom stereocenters. The number of benzene rings is 1. The van der Waals surface area contributed by atoms with E-state index in [1.54, 1.807) is 0 Å². The summed E-state index contributed by atoms with van der Waals surface area (Å²) >= 11 is 0. The van der Waals surface area contributed by atoms with Crippen LogP contribution in [0.25, 0.3) is 0 Å². The summed E-state index contributed by atoms with van der Waals surface area (Å²) in [6.07, 6.45) is 6.26. The van der Waals surface area contributed by atoms with E-state index in [1.807, 2.05) is 0 Å². The largest absolute Gasteiger partial charge is 0.481 e. The molecule has 2 N–H and O–H groups in total. The molecule has 3 nitrogen and oxygen atoms in total. The Morgan fingerprint density at radius 2 is 1.94 bits per heavy atom. The second kappa shape index (κ2) is 6.55. The number of carboxylic acid groups (broad SMARTS) is 1. The summed E-state index contributed by atoms with van der Waals surface area (Å²) in [4.78, 5) is 10.4. The van der Waals surface area contributed by atoms with Gasteiger partial charge in [-0.2, -0.15) is 0 Å². The molecule has 0 atom stereocenters. The number of carbonyl (C=O) groups is 1. The summed E-state index contributed by atoms with van der Waals surface area (Å²) in [5.74, 6) is -0.740. The highest BCUT2D eigenvalue weighted by molar-refractivity contribution is 5.66. The molecule has 0 aromatic heterocycles. The molecule has 0 heterocycles. The first kappa shape index (κ1) is 13.1. The van der Waals surface area contributed by atoms with E-state index in [9.17, 15) is 4.79 Å². The van der Waals surface area contributed by atoms with Gasteiger partial charge in [-0.25, -0.2) is 0 Å². The second-order valence-corrected chi connectivity index (χ2v) is 4.95. The molecule has 0 radical (unpaired) electrons. The minimum absolute atomic E-state index is 0.199. The van der Waals surface area contributed by atoms with Crippen molar-refractivity contribution in [1.82, 2.24) is 5.32 Å². The Labute approximate surface area is 108 Å². The summed E-state index contributed by atoms with van der Waals surface area (Å²) in [5.41, 5.74) is 4.39. The fourth-order valence-electron chi connectivity index (χ4n) is 2.50. The van der Waals surface area contributed by atoms with Gasteiger partial charge in [-0.1, -0.05) is 18.2 Å². The SMILES string of the molecule is O=C(O)CCNCCc1ccc2c(c1)CCCC2. The van der Waals surface area contributed by atoms with Crippen LogP contribution in [0, 0.1) is 0 Å². The Morgan fingerprint density at radius 3 is 2.72 bits per heavy atom. The lowest BCUT2D eigenvalue weighted by Crippen LogP contribution is -2.20. The summed E-state index contributed by atoms with van der Waals surface area (Å²) < 4.78 is 0. The monoisotopic (exact) mass is 247 g/mol. The lowest BCUT2D eigenvalue weighted by Gasteiger charge is -2.16. The first-order valence-corrected chi connectivity index (χ1v) is 6.79. The van der Waals surface area contributed by atoms with E-state index in [1.165, 1.54) is 42.4 Å². The molecule has 1 aliphatic rings. The van der Waals surface area contributed by atoms with Gasteiger partial charge in [0.15, 0.2) is 0 Å². The maximum absolute atomic E-state index is 10.4. The molecule has 1 aromatic carbocycles. The van der Waals surface area contributed by atoms with Gasteiger partial charge in [0, 0.05) is 6.54 Å². The number of rotatable bonds is 6. The number of hydrogen-bond donors (Lipinski definition) is 2. The van der Waals surface area contributed by atoms with E-state index in [0.717, 1.165) is 13.0 Å². The number of nitrogens with one attached hydrogen (secondary N) is 1. The second-order valence-electron chi connectivity index (χ2n) is 4.95. The Bertz CT molecular complexity index is 415. The Hall–Kier alpha value is -1.35. The maximum Gasteiger partial charge on any atom is 0.304 e. The van der Waals surface area contributed by atoms with Gasteiger partial charge >= 0.3 is 5.97 Å². The van der Waals surface area contributed by atoms with Gasteiger partial charge in [0.05, 0.1) is 6.42 Å². The summed E-state index contributed by atoms with van der Waals surface area (Å²) in [7, 11) is 0. The predicted octanol–water partition coefficient (Wildman–Crippen LogP) is 2.17. The summed E-state index contributed by atoms with van der Waals surface area (Å²) in [6.45, 7) is 1.41. The van der Waals surface area contributed by atoms with Crippen LogP contribution in [0.3, 0.4) is 0 Å². The molecule has 98 valence electrons. The third kappa shape index (κ3) is 3.84. The van der Waals surface area contributed by atoms with Gasteiger partial charge in [-0.3, -0.25) is 4.79 Å². The highest BCUT2D eigenvalue weighted by Crippen LogP contribution is 2.22. The van der Waals surface area contributed by atoms with Crippen molar-refractivity contribution in [2.24, 2.45) is 0 Å². The molecule has 1 aliphatic carbocycles. The fraction of sp³-hybridized carbons (Fsp3) is 0.533. The molecular weight excluding hydrogens is 226 g/mol. The third-order valence-electron chi connectivity index (χ3n) is 3.52. The van der Waals surface area contributed by atoms with E-state index in [-0.39, 0.29) is 6.42 Å². The van der Waals surface area contributed by atoms with Crippen molar-refractivity contribution < 1.29 is 9.90 Å². The van der Waals surface area contributed by atoms with Crippen molar-refractivity contribution in [3.63, 3.8) is 0 Å². The van der Waals surface area contributed by atoms with Crippen LogP contribution in [0.1, 0.15) is 36.0 Å². The zero-order valence-corrected chi connectivity index (χ0v) is 10.7. The summed E-state index contributed by atoms with van der Waals surface area (Å²) in [6, 6.07) is 6.80. The van der Waals surface area contributed by atoms with E-state index in [4.69, 9.17) is 5.11 Å². The fourth-order valence-corrected chi connectivity index (χ4v) is 2.50. The van der Waals surface area contributed by atoms with Crippen LogP contribution in [-0.2, 0) is 24.1 Å².